The molecule has 2 aromatic rings. The Morgan fingerprint density at radius 3 is 2.24 bits per heavy atom. The van der Waals surface area contributed by atoms with Crippen molar-refractivity contribution in [2.24, 2.45) is 0 Å². The molecule has 3 rings (SSSR count). The number of ether oxygens (including phenoxy) is 3. The minimum absolute atomic E-state index is 0.0681. The fourth-order valence-electron chi connectivity index (χ4n) is 2.98. The van der Waals surface area contributed by atoms with Crippen molar-refractivity contribution in [1.29, 1.82) is 0 Å². The van der Waals surface area contributed by atoms with Crippen LogP contribution in [-0.2, 0) is 4.74 Å². The van der Waals surface area contributed by atoms with E-state index < -0.39 is 37.3 Å². The molecule has 1 saturated heterocycles. The van der Waals surface area contributed by atoms with Crippen LogP contribution in [0.3, 0.4) is 0 Å². The second-order valence-corrected chi connectivity index (χ2v) is 6.68. The molecular weight excluding hydrogens is 380 g/mol. The summed E-state index contributed by atoms with van der Waals surface area (Å²) in [7, 11) is 1.59. The number of phenols is 1. The molecule has 29 heavy (non-hydrogen) atoms. The third-order valence-corrected chi connectivity index (χ3v) is 4.60. The lowest BCUT2D eigenvalue weighted by molar-refractivity contribution is -0.277. The maximum atomic E-state index is 10.1. The van der Waals surface area contributed by atoms with Gasteiger partial charge in [-0.1, -0.05) is 24.3 Å². The molecule has 2 aromatic carbocycles. The molecule has 0 amide bonds. The van der Waals surface area contributed by atoms with Gasteiger partial charge in [0.15, 0.2) is 0 Å². The Morgan fingerprint density at radius 2 is 1.59 bits per heavy atom. The molecule has 5 N–H and O–H groups in total. The van der Waals surface area contributed by atoms with Crippen molar-refractivity contribution >= 4 is 12.2 Å². The molecule has 0 spiro atoms. The number of aromatic hydroxyl groups is 1. The number of aliphatic hydroxyl groups excluding tert-OH is 4. The number of hydrogen-bond acceptors (Lipinski definition) is 8. The summed E-state index contributed by atoms with van der Waals surface area (Å²) >= 11 is 0. The quantitative estimate of drug-likeness (QED) is 0.446. The lowest BCUT2D eigenvalue weighted by Gasteiger charge is -2.39. The first-order chi connectivity index (χ1) is 13.9. The summed E-state index contributed by atoms with van der Waals surface area (Å²) in [6.07, 6.45) is -3.35. The molecule has 1 aliphatic heterocycles. The Kier molecular flexibility index (Phi) is 6.73. The molecule has 8 nitrogen and oxygen atoms in total. The minimum atomic E-state index is -1.54. The molecule has 0 unspecified atom stereocenters. The van der Waals surface area contributed by atoms with Gasteiger partial charge in [-0.3, -0.25) is 0 Å². The lowest BCUT2D eigenvalue weighted by atomic mass is 9.99. The highest BCUT2D eigenvalue weighted by Crippen LogP contribution is 2.28. The van der Waals surface area contributed by atoms with E-state index >= 15 is 0 Å². The summed E-state index contributed by atoms with van der Waals surface area (Å²) in [5.41, 5.74) is 1.55. The zero-order chi connectivity index (χ0) is 21.0. The molecule has 0 aromatic heterocycles. The van der Waals surface area contributed by atoms with Crippen LogP contribution in [-0.4, -0.2) is 70.0 Å². The van der Waals surface area contributed by atoms with Gasteiger partial charge in [-0.05, 0) is 35.4 Å². The van der Waals surface area contributed by atoms with E-state index in [1.807, 2.05) is 30.3 Å². The average molecular weight is 404 g/mol. The first kappa shape index (κ1) is 21.1. The Morgan fingerprint density at radius 1 is 0.897 bits per heavy atom. The van der Waals surface area contributed by atoms with Gasteiger partial charge in [0.25, 0.3) is 0 Å². The highest BCUT2D eigenvalue weighted by atomic mass is 16.7. The van der Waals surface area contributed by atoms with Crippen LogP contribution in [0, 0.1) is 0 Å². The summed E-state index contributed by atoms with van der Waals surface area (Å²) in [4.78, 5) is 0. The van der Waals surface area contributed by atoms with Crippen molar-refractivity contribution in [2.75, 3.05) is 13.7 Å². The Bertz CT molecular complexity index is 833. The van der Waals surface area contributed by atoms with Crippen LogP contribution < -0.4 is 9.47 Å². The van der Waals surface area contributed by atoms with Crippen molar-refractivity contribution in [3.05, 3.63) is 53.6 Å². The first-order valence-corrected chi connectivity index (χ1v) is 9.04. The van der Waals surface area contributed by atoms with Gasteiger partial charge in [0.2, 0.25) is 6.29 Å². The molecule has 0 bridgehead atoms. The van der Waals surface area contributed by atoms with Crippen LogP contribution in [0.4, 0.5) is 0 Å². The molecule has 5 atom stereocenters. The van der Waals surface area contributed by atoms with Gasteiger partial charge in [0.05, 0.1) is 13.7 Å². The second kappa shape index (κ2) is 9.25. The maximum absolute atomic E-state index is 10.1. The Labute approximate surface area is 167 Å². The summed E-state index contributed by atoms with van der Waals surface area (Å²) in [5.74, 6) is 0.861. The van der Waals surface area contributed by atoms with Crippen molar-refractivity contribution in [2.45, 2.75) is 30.7 Å². The molecular formula is C21H24O8. The van der Waals surface area contributed by atoms with E-state index in [2.05, 4.69) is 0 Å². The average Bonchev–Trinajstić information content (AvgIpc) is 2.72. The minimum Gasteiger partial charge on any atom is -0.508 e. The monoisotopic (exact) mass is 404 g/mol. The summed E-state index contributed by atoms with van der Waals surface area (Å²) < 4.78 is 16.0. The molecule has 0 radical (unpaired) electrons. The largest absolute Gasteiger partial charge is 0.508 e. The van der Waals surface area contributed by atoms with E-state index in [1.54, 1.807) is 19.3 Å². The lowest BCUT2D eigenvalue weighted by Crippen LogP contribution is -2.60. The number of methoxy groups -OCH3 is 1. The van der Waals surface area contributed by atoms with Crippen LogP contribution in [0.2, 0.25) is 0 Å². The molecule has 0 aliphatic carbocycles. The van der Waals surface area contributed by atoms with E-state index in [-0.39, 0.29) is 11.5 Å². The molecule has 1 heterocycles. The van der Waals surface area contributed by atoms with Crippen LogP contribution in [0.15, 0.2) is 42.5 Å². The number of phenolic OH excluding ortho intramolecular Hbond substituents is 1. The van der Waals surface area contributed by atoms with Gasteiger partial charge in [0.1, 0.15) is 41.7 Å². The summed E-state index contributed by atoms with van der Waals surface area (Å²) in [6.45, 7) is -0.555. The van der Waals surface area contributed by atoms with E-state index in [9.17, 15) is 25.5 Å². The van der Waals surface area contributed by atoms with Crippen molar-refractivity contribution < 1.29 is 39.7 Å². The van der Waals surface area contributed by atoms with Gasteiger partial charge in [-0.25, -0.2) is 0 Å². The third kappa shape index (κ3) is 5.06. The first-order valence-electron chi connectivity index (χ1n) is 9.04. The SMILES string of the molecule is COc1ccc(C=Cc2cc(O)cc(O[C@@H]3O[C@H](CO)[C@@H](O)[C@H](O)[C@@H]3O)c2)cc1. The van der Waals surface area contributed by atoms with Crippen LogP contribution in [0.25, 0.3) is 12.2 Å². The van der Waals surface area contributed by atoms with Gasteiger partial charge < -0.3 is 39.7 Å². The number of aliphatic hydroxyl groups is 4. The van der Waals surface area contributed by atoms with Crippen molar-refractivity contribution in [3.8, 4) is 17.2 Å². The van der Waals surface area contributed by atoms with Crippen LogP contribution in [0.1, 0.15) is 11.1 Å². The predicted octanol–water partition coefficient (Wildman–Crippen LogP) is 0.750. The molecule has 156 valence electrons. The molecule has 8 heteroatoms. The zero-order valence-corrected chi connectivity index (χ0v) is 15.8. The van der Waals surface area contributed by atoms with E-state index in [1.165, 1.54) is 12.1 Å². The highest BCUT2D eigenvalue weighted by Gasteiger charge is 2.44. The molecule has 0 saturated carbocycles. The highest BCUT2D eigenvalue weighted by molar-refractivity contribution is 5.71. The van der Waals surface area contributed by atoms with Gasteiger partial charge >= 0.3 is 0 Å². The van der Waals surface area contributed by atoms with Gasteiger partial charge in [0, 0.05) is 6.07 Å². The topological polar surface area (TPSA) is 129 Å². The standard InChI is InChI=1S/C21H24O8/c1-27-15-6-4-12(5-7-15)2-3-13-8-14(23)10-16(9-13)28-21-20(26)19(25)18(24)17(11-22)29-21/h2-10,17-26H,11H2,1H3/t17-,18-,19+,20+,21-/m1/s1. The van der Waals surface area contributed by atoms with Crippen LogP contribution >= 0.6 is 0 Å². The fourth-order valence-corrected chi connectivity index (χ4v) is 2.98. The van der Waals surface area contributed by atoms with E-state index in [4.69, 9.17) is 14.2 Å². The second-order valence-electron chi connectivity index (χ2n) is 6.68. The van der Waals surface area contributed by atoms with Gasteiger partial charge in [-0.2, -0.15) is 0 Å². The smallest absolute Gasteiger partial charge is 0.229 e. The Hall–Kier alpha value is -2.62. The number of hydrogen-bond donors (Lipinski definition) is 5. The van der Waals surface area contributed by atoms with E-state index in [0.29, 0.717) is 5.56 Å². The fraction of sp³-hybridized carbons (Fsp3) is 0.333. The third-order valence-electron chi connectivity index (χ3n) is 4.60. The number of rotatable bonds is 6. The normalized spacial score (nSPS) is 27.1. The predicted molar refractivity (Wildman–Crippen MR) is 104 cm³/mol. The van der Waals surface area contributed by atoms with Crippen LogP contribution in [0.5, 0.6) is 17.2 Å². The Balaban J connectivity index is 1.75. The zero-order valence-electron chi connectivity index (χ0n) is 15.8. The van der Waals surface area contributed by atoms with Gasteiger partial charge in [-0.15, -0.1) is 0 Å². The van der Waals surface area contributed by atoms with E-state index in [0.717, 1.165) is 11.3 Å². The van der Waals surface area contributed by atoms with Crippen molar-refractivity contribution in [1.82, 2.24) is 0 Å². The molecule has 1 fully saturated rings. The maximum Gasteiger partial charge on any atom is 0.229 e. The van der Waals surface area contributed by atoms with Crippen molar-refractivity contribution in [3.63, 3.8) is 0 Å². The summed E-state index contributed by atoms with van der Waals surface area (Å²) in [6, 6.07) is 11.9. The molecule has 1 aliphatic rings. The number of benzene rings is 2. The summed E-state index contributed by atoms with van der Waals surface area (Å²) in [5, 5.41) is 49.0.